The van der Waals surface area contributed by atoms with Crippen LogP contribution < -0.4 is 29.6 Å². The summed E-state index contributed by atoms with van der Waals surface area (Å²) in [6.07, 6.45) is 0.189. The summed E-state index contributed by atoms with van der Waals surface area (Å²) in [6, 6.07) is 9.32. The maximum Gasteiger partial charge on any atom is 1.00 e. The Hall–Kier alpha value is 0.180. The van der Waals surface area contributed by atoms with Gasteiger partial charge in [0.2, 0.25) is 0 Å². The van der Waals surface area contributed by atoms with Gasteiger partial charge in [-0.05, 0) is 23.3 Å². The molecule has 0 amide bonds. The predicted molar refractivity (Wildman–Crippen MR) is 81.6 cm³/mol. The minimum Gasteiger partial charge on any atom is -0.235 e. The molecule has 2 rings (SSSR count). The Morgan fingerprint density at radius 3 is 2.23 bits per heavy atom. The molecule has 0 radical (unpaired) electrons. The Morgan fingerprint density at radius 2 is 1.59 bits per heavy atom. The van der Waals surface area contributed by atoms with E-state index in [-0.39, 0.29) is 50.9 Å². The molecule has 0 aromatic heterocycles. The van der Waals surface area contributed by atoms with E-state index in [2.05, 4.69) is 4.33 Å². The number of benzene rings is 2. The molecule has 0 fully saturated rings. The SMILES string of the molecule is O=S(=O)(OO)c1ccccc1Cc1ccc(Cl)c(Cl)c1Cl.[Na+]. The monoisotopic (exact) mass is 389 g/mol. The molecule has 0 saturated carbocycles. The van der Waals surface area contributed by atoms with Crippen LogP contribution in [0.2, 0.25) is 15.1 Å². The molecule has 22 heavy (non-hydrogen) atoms. The van der Waals surface area contributed by atoms with Gasteiger partial charge in [0.1, 0.15) is 0 Å². The van der Waals surface area contributed by atoms with Gasteiger partial charge < -0.3 is 0 Å². The normalized spacial score (nSPS) is 11.1. The zero-order valence-electron chi connectivity index (χ0n) is 11.4. The predicted octanol–water partition coefficient (Wildman–Crippen LogP) is 1.42. The van der Waals surface area contributed by atoms with Gasteiger partial charge in [-0.2, -0.15) is 8.42 Å². The van der Waals surface area contributed by atoms with E-state index in [1.807, 2.05) is 0 Å². The van der Waals surface area contributed by atoms with Crippen LogP contribution in [0.15, 0.2) is 41.3 Å². The smallest absolute Gasteiger partial charge is 0.235 e. The van der Waals surface area contributed by atoms with Crippen molar-refractivity contribution in [3.05, 3.63) is 62.6 Å². The van der Waals surface area contributed by atoms with Crippen LogP contribution in [-0.2, 0) is 20.9 Å². The molecule has 0 aliphatic rings. The van der Waals surface area contributed by atoms with Crippen molar-refractivity contribution in [2.24, 2.45) is 0 Å². The second kappa shape index (κ2) is 8.33. The first kappa shape index (κ1) is 20.2. The molecule has 0 unspecified atom stereocenters. The Kier molecular flexibility index (Phi) is 7.66. The average Bonchev–Trinajstić information content (AvgIpc) is 2.48. The van der Waals surface area contributed by atoms with Crippen LogP contribution >= 0.6 is 34.8 Å². The number of hydrogen-bond acceptors (Lipinski definition) is 4. The van der Waals surface area contributed by atoms with Crippen molar-refractivity contribution in [3.63, 3.8) is 0 Å². The minimum absolute atomic E-state index is 0. The van der Waals surface area contributed by atoms with E-state index in [1.165, 1.54) is 12.1 Å². The van der Waals surface area contributed by atoms with Crippen molar-refractivity contribution in [1.82, 2.24) is 0 Å². The first-order valence-electron chi connectivity index (χ1n) is 5.65. The molecular weight excluding hydrogens is 382 g/mol. The Bertz CT molecular complexity index is 781. The zero-order valence-corrected chi connectivity index (χ0v) is 16.5. The van der Waals surface area contributed by atoms with E-state index in [9.17, 15) is 8.42 Å². The third kappa shape index (κ3) is 4.38. The molecule has 0 spiro atoms. The molecule has 0 saturated heterocycles. The van der Waals surface area contributed by atoms with Gasteiger partial charge in [0.25, 0.3) is 0 Å². The Morgan fingerprint density at radius 1 is 0.955 bits per heavy atom. The summed E-state index contributed by atoms with van der Waals surface area (Å²) in [5.74, 6) is 0. The van der Waals surface area contributed by atoms with Gasteiger partial charge in [-0.1, -0.05) is 59.1 Å². The molecule has 1 N–H and O–H groups in total. The van der Waals surface area contributed by atoms with Crippen molar-refractivity contribution in [3.8, 4) is 0 Å². The minimum atomic E-state index is -4.23. The number of rotatable bonds is 4. The van der Waals surface area contributed by atoms with Gasteiger partial charge >= 0.3 is 39.7 Å². The molecule has 0 atom stereocenters. The molecular formula is C13H9Cl3NaO4S+. The van der Waals surface area contributed by atoms with Gasteiger partial charge in [0.05, 0.1) is 20.0 Å². The molecule has 0 aliphatic heterocycles. The van der Waals surface area contributed by atoms with E-state index >= 15 is 0 Å². The Labute approximate surface area is 165 Å². The first-order chi connectivity index (χ1) is 9.86. The van der Waals surface area contributed by atoms with Crippen LogP contribution in [0, 0.1) is 0 Å². The second-order valence-electron chi connectivity index (χ2n) is 4.15. The molecule has 0 aliphatic carbocycles. The van der Waals surface area contributed by atoms with E-state index in [0.29, 0.717) is 16.1 Å². The maximum atomic E-state index is 11.7. The van der Waals surface area contributed by atoms with Crippen LogP contribution in [0.25, 0.3) is 0 Å². The van der Waals surface area contributed by atoms with Gasteiger partial charge in [-0.15, -0.1) is 4.33 Å². The summed E-state index contributed by atoms with van der Waals surface area (Å²) in [5, 5.41) is 9.29. The van der Waals surface area contributed by atoms with Crippen LogP contribution in [0.1, 0.15) is 11.1 Å². The molecule has 0 heterocycles. The van der Waals surface area contributed by atoms with Crippen molar-refractivity contribution in [2.75, 3.05) is 0 Å². The van der Waals surface area contributed by atoms with Crippen molar-refractivity contribution in [1.29, 1.82) is 0 Å². The second-order valence-corrected chi connectivity index (χ2v) is 6.81. The van der Waals surface area contributed by atoms with Crippen molar-refractivity contribution >= 4 is 44.9 Å². The zero-order chi connectivity index (χ0) is 15.6. The summed E-state index contributed by atoms with van der Waals surface area (Å²) in [5.41, 5.74) is 1.01. The fraction of sp³-hybridized carbons (Fsp3) is 0.0769. The van der Waals surface area contributed by atoms with Gasteiger partial charge in [-0.3, -0.25) is 0 Å². The summed E-state index contributed by atoms with van der Waals surface area (Å²) < 4.78 is 26.9. The average molecular weight is 391 g/mol. The fourth-order valence-corrected chi connectivity index (χ4v) is 3.25. The van der Waals surface area contributed by atoms with E-state index in [4.69, 9.17) is 40.1 Å². The first-order valence-corrected chi connectivity index (χ1v) is 8.19. The molecule has 2 aromatic carbocycles. The van der Waals surface area contributed by atoms with Crippen LogP contribution in [0.4, 0.5) is 0 Å². The summed E-state index contributed by atoms with van der Waals surface area (Å²) >= 11 is 17.9. The van der Waals surface area contributed by atoms with Crippen molar-refractivity contribution < 1.29 is 47.6 Å². The fourth-order valence-electron chi connectivity index (χ4n) is 1.84. The Balaban J connectivity index is 0.00000242. The molecule has 2 aromatic rings. The van der Waals surface area contributed by atoms with Crippen LogP contribution in [0.3, 0.4) is 0 Å². The van der Waals surface area contributed by atoms with Gasteiger partial charge in [0, 0.05) is 6.42 Å². The molecule has 0 bridgehead atoms. The number of halogens is 3. The summed E-state index contributed by atoms with van der Waals surface area (Å²) in [4.78, 5) is -0.144. The van der Waals surface area contributed by atoms with Gasteiger partial charge in [-0.25, -0.2) is 5.26 Å². The molecule has 9 heteroatoms. The van der Waals surface area contributed by atoms with E-state index < -0.39 is 10.1 Å². The third-order valence-corrected chi connectivity index (χ3v) is 5.30. The van der Waals surface area contributed by atoms with Crippen LogP contribution in [0.5, 0.6) is 0 Å². The maximum absolute atomic E-state index is 11.7. The number of hydrogen-bond donors (Lipinski definition) is 1. The third-order valence-electron chi connectivity index (χ3n) is 2.84. The topological polar surface area (TPSA) is 63.6 Å². The van der Waals surface area contributed by atoms with E-state index in [1.54, 1.807) is 24.3 Å². The molecule has 112 valence electrons. The molecule has 4 nitrogen and oxygen atoms in total. The van der Waals surface area contributed by atoms with Crippen molar-refractivity contribution in [2.45, 2.75) is 11.3 Å². The summed E-state index contributed by atoms with van der Waals surface area (Å²) in [6.45, 7) is 0. The largest absolute Gasteiger partial charge is 1.00 e. The van der Waals surface area contributed by atoms with Crippen LogP contribution in [-0.4, -0.2) is 13.7 Å². The quantitative estimate of drug-likeness (QED) is 0.371. The standard InChI is InChI=1S/C13H9Cl3O4S.Na/c14-10-6-5-9(12(15)13(10)16)7-8-3-1-2-4-11(8)21(18,19)20-17;/h1-6,17H,7H2;/q;+1. The van der Waals surface area contributed by atoms with E-state index in [0.717, 1.165) is 0 Å². The summed E-state index contributed by atoms with van der Waals surface area (Å²) in [7, 11) is -4.23. The van der Waals surface area contributed by atoms with Gasteiger partial charge in [0.15, 0.2) is 0 Å².